The van der Waals surface area contributed by atoms with E-state index in [4.69, 9.17) is 0 Å². The molecule has 5 heteroatoms. The summed E-state index contributed by atoms with van der Waals surface area (Å²) in [4.78, 5) is 7.98. The number of aliphatic imine (C=N–C) groups is 2. The molecule has 0 bridgehead atoms. The van der Waals surface area contributed by atoms with Crippen LogP contribution < -0.4 is 12.4 Å². The van der Waals surface area contributed by atoms with Crippen molar-refractivity contribution in [2.24, 2.45) is 9.98 Å². The highest BCUT2D eigenvalue weighted by molar-refractivity contribution is 6.92. The summed E-state index contributed by atoms with van der Waals surface area (Å²) >= 11 is 0. The van der Waals surface area contributed by atoms with E-state index >= 15 is 0 Å². The maximum Gasteiger partial charge on any atom is 0.0892 e. The van der Waals surface area contributed by atoms with E-state index < -0.39 is 0 Å². The molecule has 0 aliphatic carbocycles. The average Bonchev–Trinajstić information content (AvgIpc) is 2.44. The Morgan fingerprint density at radius 2 is 1.64 bits per heavy atom. The summed E-state index contributed by atoms with van der Waals surface area (Å²) in [7, 11) is 4.48. The zero-order valence-electron chi connectivity index (χ0n) is 14.8. The largest absolute Gasteiger partial charge is 1.00 e. The third-order valence-electron chi connectivity index (χ3n) is 3.13. The minimum atomic E-state index is 0. The second-order valence-electron chi connectivity index (χ2n) is 5.44. The van der Waals surface area contributed by atoms with Crippen LogP contribution in [0.25, 0.3) is 0 Å². The van der Waals surface area contributed by atoms with Crippen molar-refractivity contribution in [2.45, 2.75) is 27.2 Å². The van der Waals surface area contributed by atoms with Crippen molar-refractivity contribution in [2.75, 3.05) is 40.3 Å². The third-order valence-corrected chi connectivity index (χ3v) is 3.13. The third kappa shape index (κ3) is 17.3. The van der Waals surface area contributed by atoms with E-state index in [1.54, 1.807) is 0 Å². The molecule has 0 spiro atoms. The van der Waals surface area contributed by atoms with E-state index in [9.17, 15) is 0 Å². The van der Waals surface area contributed by atoms with Gasteiger partial charge in [0.05, 0.1) is 39.7 Å². The lowest BCUT2D eigenvalue weighted by Gasteiger charge is -2.27. The van der Waals surface area contributed by atoms with Gasteiger partial charge in [0.2, 0.25) is 0 Å². The molecule has 1 rings (SSSR count). The molecule has 0 saturated carbocycles. The van der Waals surface area contributed by atoms with Crippen molar-refractivity contribution >= 4 is 15.9 Å². The lowest BCUT2D eigenvalue weighted by Crippen LogP contribution is -3.00. The SMILES string of the molecule is CCN=C=NCCC[N+](C)(C)CC.Cc1ccccc1.P.[Cl-]. The average molecular weight is 346 g/mol. The van der Waals surface area contributed by atoms with Gasteiger partial charge >= 0.3 is 0 Å². The number of hydrogen-bond donors (Lipinski definition) is 0. The standard InChI is InChI=1S/C10H22N3.C7H8.ClH.H3P/c1-5-11-10-12-8-7-9-13(3,4)6-2;1-7-5-3-2-4-6-7;;/h5-9H2,1-4H3;2-6H,1H3;1H;1H3/q+1;;;/p-1. The monoisotopic (exact) mass is 345 g/mol. The van der Waals surface area contributed by atoms with Crippen molar-refractivity contribution in [3.63, 3.8) is 0 Å². The maximum absolute atomic E-state index is 4.07. The number of aryl methyl sites for hydroxylation is 1. The highest BCUT2D eigenvalue weighted by atomic mass is 35.5. The van der Waals surface area contributed by atoms with Crippen LogP contribution in [0.5, 0.6) is 0 Å². The maximum atomic E-state index is 4.07. The summed E-state index contributed by atoms with van der Waals surface area (Å²) in [6.45, 7) is 10.3. The van der Waals surface area contributed by atoms with Crippen LogP contribution in [0.2, 0.25) is 0 Å². The molecule has 0 aliphatic heterocycles. The number of nitrogens with zero attached hydrogens (tertiary/aromatic N) is 3. The summed E-state index contributed by atoms with van der Waals surface area (Å²) in [5, 5.41) is 0. The first-order chi connectivity index (χ1) is 9.52. The van der Waals surface area contributed by atoms with Gasteiger partial charge in [0.1, 0.15) is 0 Å². The molecule has 0 saturated heterocycles. The molecule has 0 aromatic heterocycles. The van der Waals surface area contributed by atoms with Crippen LogP contribution in [0.3, 0.4) is 0 Å². The van der Waals surface area contributed by atoms with Gasteiger partial charge in [0, 0.05) is 13.0 Å². The predicted octanol–water partition coefficient (Wildman–Crippen LogP) is 0.724. The van der Waals surface area contributed by atoms with Gasteiger partial charge in [-0.2, -0.15) is 9.90 Å². The molecular weight excluding hydrogens is 313 g/mol. The molecular formula is C17H33ClN3P. The van der Waals surface area contributed by atoms with Gasteiger partial charge in [0.15, 0.2) is 0 Å². The number of hydrogen-bond acceptors (Lipinski definition) is 2. The molecule has 1 unspecified atom stereocenters. The Hall–Kier alpha value is -0.720. The van der Waals surface area contributed by atoms with Crippen molar-refractivity contribution in [3.05, 3.63) is 35.9 Å². The van der Waals surface area contributed by atoms with Gasteiger partial charge in [-0.25, -0.2) is 9.98 Å². The van der Waals surface area contributed by atoms with Crippen molar-refractivity contribution in [1.29, 1.82) is 0 Å². The summed E-state index contributed by atoms with van der Waals surface area (Å²) in [6, 6.07) is 12.9. The Bertz CT molecular complexity index is 402. The molecule has 0 amide bonds. The molecule has 3 nitrogen and oxygen atoms in total. The summed E-state index contributed by atoms with van der Waals surface area (Å²) < 4.78 is 1.07. The van der Waals surface area contributed by atoms with Crippen LogP contribution in [-0.2, 0) is 0 Å². The molecule has 0 N–H and O–H groups in total. The van der Waals surface area contributed by atoms with Gasteiger partial charge in [0.25, 0.3) is 0 Å². The van der Waals surface area contributed by atoms with Crippen LogP contribution >= 0.6 is 9.90 Å². The first-order valence-corrected chi connectivity index (χ1v) is 7.43. The highest BCUT2D eigenvalue weighted by Crippen LogP contribution is 1.97. The number of halogens is 1. The quantitative estimate of drug-likeness (QED) is 0.314. The van der Waals surface area contributed by atoms with E-state index in [-0.39, 0.29) is 22.3 Å². The van der Waals surface area contributed by atoms with Crippen molar-refractivity contribution in [3.8, 4) is 0 Å². The Kier molecular flexibility index (Phi) is 19.8. The van der Waals surface area contributed by atoms with Crippen LogP contribution in [0, 0.1) is 6.92 Å². The van der Waals surface area contributed by atoms with Crippen LogP contribution in [-0.4, -0.2) is 50.8 Å². The van der Waals surface area contributed by atoms with Gasteiger partial charge in [-0.05, 0) is 20.8 Å². The van der Waals surface area contributed by atoms with Gasteiger partial charge in [-0.3, -0.25) is 0 Å². The molecule has 128 valence electrons. The Labute approximate surface area is 146 Å². The molecule has 0 aliphatic rings. The Balaban J connectivity index is -0.000000342. The molecule has 1 aromatic carbocycles. The van der Waals surface area contributed by atoms with E-state index in [2.05, 4.69) is 56.1 Å². The van der Waals surface area contributed by atoms with Crippen LogP contribution in [0.1, 0.15) is 25.8 Å². The first kappa shape index (κ1) is 26.2. The number of benzene rings is 1. The van der Waals surface area contributed by atoms with Crippen LogP contribution in [0.4, 0.5) is 0 Å². The topological polar surface area (TPSA) is 24.7 Å². The summed E-state index contributed by atoms with van der Waals surface area (Å²) in [5.74, 6) is 0. The Morgan fingerprint density at radius 3 is 2.05 bits per heavy atom. The minimum absolute atomic E-state index is 0. The smallest absolute Gasteiger partial charge is 0.0892 e. The summed E-state index contributed by atoms with van der Waals surface area (Å²) in [5.41, 5.74) is 1.32. The molecule has 0 fully saturated rings. The second-order valence-corrected chi connectivity index (χ2v) is 5.44. The van der Waals surface area contributed by atoms with Gasteiger partial charge in [-0.1, -0.05) is 35.9 Å². The van der Waals surface area contributed by atoms with Crippen molar-refractivity contribution < 1.29 is 16.9 Å². The predicted molar refractivity (Wildman–Crippen MR) is 99.7 cm³/mol. The lowest BCUT2D eigenvalue weighted by atomic mass is 10.2. The number of quaternary nitrogens is 1. The highest BCUT2D eigenvalue weighted by Gasteiger charge is 2.09. The molecule has 0 heterocycles. The van der Waals surface area contributed by atoms with E-state index in [0.717, 1.165) is 24.0 Å². The van der Waals surface area contributed by atoms with Gasteiger partial charge in [-0.15, -0.1) is 0 Å². The van der Waals surface area contributed by atoms with E-state index in [1.165, 1.54) is 18.7 Å². The lowest BCUT2D eigenvalue weighted by molar-refractivity contribution is -0.888. The minimum Gasteiger partial charge on any atom is -1.00 e. The molecule has 1 atom stereocenters. The van der Waals surface area contributed by atoms with Crippen molar-refractivity contribution in [1.82, 2.24) is 0 Å². The zero-order chi connectivity index (χ0) is 15.3. The normalized spacial score (nSPS) is 9.14. The summed E-state index contributed by atoms with van der Waals surface area (Å²) in [6.07, 6.45) is 1.12. The zero-order valence-corrected chi connectivity index (χ0v) is 17.0. The number of rotatable bonds is 6. The fourth-order valence-corrected chi connectivity index (χ4v) is 1.44. The fraction of sp³-hybridized carbons (Fsp3) is 0.588. The first-order valence-electron chi connectivity index (χ1n) is 7.43. The van der Waals surface area contributed by atoms with Gasteiger partial charge < -0.3 is 16.9 Å². The fourth-order valence-electron chi connectivity index (χ4n) is 1.44. The van der Waals surface area contributed by atoms with E-state index in [1.807, 2.05) is 25.1 Å². The van der Waals surface area contributed by atoms with E-state index in [0.29, 0.717) is 0 Å². The Morgan fingerprint density at radius 1 is 1.05 bits per heavy atom. The molecule has 0 radical (unpaired) electrons. The molecule has 1 aromatic rings. The second kappa shape index (κ2) is 16.6. The van der Waals surface area contributed by atoms with Crippen LogP contribution in [0.15, 0.2) is 40.3 Å². The molecule has 22 heavy (non-hydrogen) atoms.